The minimum atomic E-state index is -0.476. The van der Waals surface area contributed by atoms with Crippen LogP contribution in [-0.4, -0.2) is 28.6 Å². The molecule has 2 fully saturated rings. The topological polar surface area (TPSA) is 52.6 Å². The standard InChI is InChI=1S/C17H24N2O2/c1-12(20)13-7-9-15(10-8-13)18-17(21)19-11-3-5-14-4-2-6-16(14)19/h7-10,12,14,16,20H,2-6,11H2,1H3,(H,18,21). The molecule has 1 saturated heterocycles. The fourth-order valence-corrected chi connectivity index (χ4v) is 3.75. The maximum Gasteiger partial charge on any atom is 0.322 e. The van der Waals surface area contributed by atoms with Crippen LogP contribution in [0, 0.1) is 5.92 Å². The maximum absolute atomic E-state index is 12.5. The number of benzene rings is 1. The Bertz CT molecular complexity index is 498. The molecule has 0 spiro atoms. The lowest BCUT2D eigenvalue weighted by molar-refractivity contribution is 0.138. The van der Waals surface area contributed by atoms with E-state index >= 15 is 0 Å². The van der Waals surface area contributed by atoms with Gasteiger partial charge in [0.1, 0.15) is 0 Å². The molecule has 2 N–H and O–H groups in total. The predicted molar refractivity (Wildman–Crippen MR) is 83.2 cm³/mol. The first kappa shape index (κ1) is 14.4. The van der Waals surface area contributed by atoms with Crippen LogP contribution in [0.15, 0.2) is 24.3 Å². The third-order valence-electron chi connectivity index (χ3n) is 4.90. The molecule has 1 saturated carbocycles. The largest absolute Gasteiger partial charge is 0.389 e. The number of aliphatic hydroxyl groups excluding tert-OH is 1. The number of aliphatic hydroxyl groups is 1. The van der Waals surface area contributed by atoms with Gasteiger partial charge in [-0.15, -0.1) is 0 Å². The van der Waals surface area contributed by atoms with Crippen LogP contribution in [0.4, 0.5) is 10.5 Å². The molecule has 3 rings (SSSR count). The molecular weight excluding hydrogens is 264 g/mol. The van der Waals surface area contributed by atoms with Gasteiger partial charge in [-0.25, -0.2) is 4.79 Å². The first-order chi connectivity index (χ1) is 10.1. The molecule has 2 aliphatic rings. The first-order valence-electron chi connectivity index (χ1n) is 8.01. The second-order valence-corrected chi connectivity index (χ2v) is 6.32. The summed E-state index contributed by atoms with van der Waals surface area (Å²) in [5.41, 5.74) is 1.66. The summed E-state index contributed by atoms with van der Waals surface area (Å²) in [4.78, 5) is 14.5. The number of nitrogens with one attached hydrogen (secondary N) is 1. The van der Waals surface area contributed by atoms with Crippen LogP contribution in [0.3, 0.4) is 0 Å². The molecule has 4 heteroatoms. The SMILES string of the molecule is CC(O)c1ccc(NC(=O)N2CCCC3CCCC32)cc1. The minimum absolute atomic E-state index is 0.0244. The molecule has 114 valence electrons. The number of urea groups is 1. The van der Waals surface area contributed by atoms with Gasteiger partial charge < -0.3 is 15.3 Å². The zero-order valence-electron chi connectivity index (χ0n) is 12.6. The van der Waals surface area contributed by atoms with E-state index in [1.165, 1.54) is 19.3 Å². The van der Waals surface area contributed by atoms with E-state index in [0.717, 1.165) is 30.6 Å². The molecule has 0 radical (unpaired) electrons. The highest BCUT2D eigenvalue weighted by molar-refractivity contribution is 5.89. The third-order valence-corrected chi connectivity index (χ3v) is 4.90. The van der Waals surface area contributed by atoms with E-state index in [1.807, 2.05) is 29.2 Å². The van der Waals surface area contributed by atoms with Crippen molar-refractivity contribution in [3.05, 3.63) is 29.8 Å². The van der Waals surface area contributed by atoms with Crippen molar-refractivity contribution in [1.82, 2.24) is 4.90 Å². The van der Waals surface area contributed by atoms with Crippen LogP contribution in [0.25, 0.3) is 0 Å². The summed E-state index contributed by atoms with van der Waals surface area (Å²) in [5.74, 6) is 0.710. The summed E-state index contributed by atoms with van der Waals surface area (Å²) < 4.78 is 0. The van der Waals surface area contributed by atoms with E-state index < -0.39 is 6.10 Å². The van der Waals surface area contributed by atoms with E-state index in [0.29, 0.717) is 12.0 Å². The van der Waals surface area contributed by atoms with Gasteiger partial charge in [-0.05, 0) is 56.2 Å². The van der Waals surface area contributed by atoms with Crippen molar-refractivity contribution in [3.8, 4) is 0 Å². The summed E-state index contributed by atoms with van der Waals surface area (Å²) in [7, 11) is 0. The van der Waals surface area contributed by atoms with Gasteiger partial charge in [0.2, 0.25) is 0 Å². The molecule has 1 aliphatic carbocycles. The number of likely N-dealkylation sites (tertiary alicyclic amines) is 1. The molecule has 3 unspecified atom stereocenters. The zero-order chi connectivity index (χ0) is 14.8. The highest BCUT2D eigenvalue weighted by atomic mass is 16.3. The molecule has 0 bridgehead atoms. The lowest BCUT2D eigenvalue weighted by Gasteiger charge is -2.37. The second-order valence-electron chi connectivity index (χ2n) is 6.32. The number of carbonyl (C=O) groups excluding carboxylic acids is 1. The lowest BCUT2D eigenvalue weighted by Crippen LogP contribution is -2.48. The molecule has 1 aliphatic heterocycles. The Kier molecular flexibility index (Phi) is 4.15. The number of amides is 2. The number of fused-ring (bicyclic) bond motifs is 1. The van der Waals surface area contributed by atoms with E-state index in [-0.39, 0.29) is 6.03 Å². The quantitative estimate of drug-likeness (QED) is 0.874. The third kappa shape index (κ3) is 3.05. The summed E-state index contributed by atoms with van der Waals surface area (Å²) in [6, 6.07) is 7.89. The molecule has 21 heavy (non-hydrogen) atoms. The molecular formula is C17H24N2O2. The van der Waals surface area contributed by atoms with Crippen molar-refractivity contribution >= 4 is 11.7 Å². The van der Waals surface area contributed by atoms with E-state index in [2.05, 4.69) is 5.32 Å². The highest BCUT2D eigenvalue weighted by Crippen LogP contribution is 2.36. The Morgan fingerprint density at radius 2 is 1.95 bits per heavy atom. The van der Waals surface area contributed by atoms with Gasteiger partial charge in [-0.1, -0.05) is 18.6 Å². The summed E-state index contributed by atoms with van der Waals surface area (Å²) in [6.07, 6.45) is 5.60. The Morgan fingerprint density at radius 3 is 2.67 bits per heavy atom. The number of nitrogens with zero attached hydrogens (tertiary/aromatic N) is 1. The van der Waals surface area contributed by atoms with E-state index in [4.69, 9.17) is 0 Å². The van der Waals surface area contributed by atoms with Crippen molar-refractivity contribution in [2.24, 2.45) is 5.92 Å². The zero-order valence-corrected chi connectivity index (χ0v) is 12.6. The van der Waals surface area contributed by atoms with Crippen LogP contribution in [-0.2, 0) is 0 Å². The predicted octanol–water partition coefficient (Wildman–Crippen LogP) is 3.54. The van der Waals surface area contributed by atoms with Crippen LogP contribution in [0.1, 0.15) is 50.7 Å². The van der Waals surface area contributed by atoms with Gasteiger partial charge in [0.05, 0.1) is 6.10 Å². The number of carbonyl (C=O) groups is 1. The smallest absolute Gasteiger partial charge is 0.322 e. The van der Waals surface area contributed by atoms with Crippen molar-refractivity contribution in [2.75, 3.05) is 11.9 Å². The molecule has 1 heterocycles. The van der Waals surface area contributed by atoms with Crippen LogP contribution < -0.4 is 5.32 Å². The average molecular weight is 288 g/mol. The summed E-state index contributed by atoms with van der Waals surface area (Å²) in [6.45, 7) is 2.61. The summed E-state index contributed by atoms with van der Waals surface area (Å²) >= 11 is 0. The van der Waals surface area contributed by atoms with Gasteiger partial charge in [-0.2, -0.15) is 0 Å². The number of anilines is 1. The van der Waals surface area contributed by atoms with Gasteiger partial charge in [0.15, 0.2) is 0 Å². The Balaban J connectivity index is 1.65. The monoisotopic (exact) mass is 288 g/mol. The van der Waals surface area contributed by atoms with Gasteiger partial charge in [0, 0.05) is 18.3 Å². The Hall–Kier alpha value is -1.55. The number of rotatable bonds is 2. The van der Waals surface area contributed by atoms with Crippen LogP contribution in [0.5, 0.6) is 0 Å². The molecule has 4 nitrogen and oxygen atoms in total. The van der Waals surface area contributed by atoms with Gasteiger partial charge in [0.25, 0.3) is 0 Å². The minimum Gasteiger partial charge on any atom is -0.389 e. The fraction of sp³-hybridized carbons (Fsp3) is 0.588. The number of piperidine rings is 1. The van der Waals surface area contributed by atoms with Gasteiger partial charge in [-0.3, -0.25) is 0 Å². The Labute approximate surface area is 126 Å². The molecule has 2 amide bonds. The maximum atomic E-state index is 12.5. The average Bonchev–Trinajstić information content (AvgIpc) is 2.96. The first-order valence-corrected chi connectivity index (χ1v) is 8.01. The number of hydrogen-bond donors (Lipinski definition) is 2. The van der Waals surface area contributed by atoms with E-state index in [1.54, 1.807) is 6.92 Å². The molecule has 3 atom stereocenters. The molecule has 1 aromatic carbocycles. The van der Waals surface area contributed by atoms with Crippen molar-refractivity contribution in [1.29, 1.82) is 0 Å². The molecule has 1 aromatic rings. The molecule has 0 aromatic heterocycles. The van der Waals surface area contributed by atoms with Crippen molar-refractivity contribution < 1.29 is 9.90 Å². The Morgan fingerprint density at radius 1 is 1.24 bits per heavy atom. The van der Waals surface area contributed by atoms with E-state index in [9.17, 15) is 9.90 Å². The summed E-state index contributed by atoms with van der Waals surface area (Å²) in [5, 5.41) is 12.5. The van der Waals surface area contributed by atoms with Crippen LogP contribution in [0.2, 0.25) is 0 Å². The van der Waals surface area contributed by atoms with Crippen molar-refractivity contribution in [3.63, 3.8) is 0 Å². The van der Waals surface area contributed by atoms with Gasteiger partial charge >= 0.3 is 6.03 Å². The fourth-order valence-electron chi connectivity index (χ4n) is 3.75. The number of hydrogen-bond acceptors (Lipinski definition) is 2. The second kappa shape index (κ2) is 6.06. The van der Waals surface area contributed by atoms with Crippen molar-refractivity contribution in [2.45, 2.75) is 51.2 Å². The normalized spacial score (nSPS) is 26.3. The highest BCUT2D eigenvalue weighted by Gasteiger charge is 2.37. The lowest BCUT2D eigenvalue weighted by atomic mass is 9.92. The van der Waals surface area contributed by atoms with Crippen LogP contribution >= 0.6 is 0 Å².